The largest absolute Gasteiger partial charge is 0.495 e. The maximum atomic E-state index is 12.6. The number of para-hydroxylation sites is 2. The van der Waals surface area contributed by atoms with Crippen LogP contribution < -0.4 is 14.8 Å². The van der Waals surface area contributed by atoms with E-state index in [1.807, 2.05) is 18.5 Å². The van der Waals surface area contributed by atoms with Crippen LogP contribution in [0.25, 0.3) is 6.08 Å². The number of aromatic nitrogens is 2. The molecule has 0 saturated heterocycles. The van der Waals surface area contributed by atoms with Gasteiger partial charge in [-0.15, -0.1) is 0 Å². The molecule has 3 aromatic rings. The van der Waals surface area contributed by atoms with Gasteiger partial charge in [-0.1, -0.05) is 12.1 Å². The minimum Gasteiger partial charge on any atom is -0.495 e. The maximum Gasteiger partial charge on any atom is 0.262 e. The number of methoxy groups -OCH3 is 1. The van der Waals surface area contributed by atoms with Crippen LogP contribution in [-0.2, 0) is 21.4 Å². The molecule has 9 heteroatoms. The number of amides is 1. The molecule has 2 N–H and O–H groups in total. The van der Waals surface area contributed by atoms with Gasteiger partial charge in [-0.25, -0.2) is 8.42 Å². The second-order valence-electron chi connectivity index (χ2n) is 6.65. The second-order valence-corrected chi connectivity index (χ2v) is 8.34. The number of aryl methyl sites for hydroxylation is 1. The zero-order valence-corrected chi connectivity index (χ0v) is 18.3. The number of carbonyl (C=O) groups excluding carboxylic acids is 1. The van der Waals surface area contributed by atoms with E-state index in [9.17, 15) is 13.2 Å². The first-order chi connectivity index (χ1) is 14.8. The molecule has 0 aliphatic heterocycles. The quantitative estimate of drug-likeness (QED) is 0.520. The summed E-state index contributed by atoms with van der Waals surface area (Å²) in [5.41, 5.74) is 2.66. The average molecular weight is 441 g/mol. The summed E-state index contributed by atoms with van der Waals surface area (Å²) in [5, 5.41) is 6.94. The van der Waals surface area contributed by atoms with Crippen molar-refractivity contribution in [3.8, 4) is 5.75 Å². The van der Waals surface area contributed by atoms with Crippen molar-refractivity contribution in [1.82, 2.24) is 9.78 Å². The number of benzene rings is 2. The van der Waals surface area contributed by atoms with E-state index in [4.69, 9.17) is 4.74 Å². The molecule has 0 aliphatic carbocycles. The summed E-state index contributed by atoms with van der Waals surface area (Å²) < 4.78 is 34.8. The number of hydrogen-bond acceptors (Lipinski definition) is 5. The van der Waals surface area contributed by atoms with Crippen LogP contribution >= 0.6 is 0 Å². The van der Waals surface area contributed by atoms with Gasteiger partial charge in [0.2, 0.25) is 5.91 Å². The molecule has 0 radical (unpaired) electrons. The van der Waals surface area contributed by atoms with E-state index in [1.54, 1.807) is 36.5 Å². The highest BCUT2D eigenvalue weighted by molar-refractivity contribution is 7.92. The normalized spacial score (nSPS) is 11.5. The molecule has 0 bridgehead atoms. The fourth-order valence-corrected chi connectivity index (χ4v) is 4.01. The van der Waals surface area contributed by atoms with E-state index in [-0.39, 0.29) is 10.8 Å². The van der Waals surface area contributed by atoms with Crippen molar-refractivity contribution < 1.29 is 17.9 Å². The Morgan fingerprint density at radius 2 is 1.87 bits per heavy atom. The number of ether oxygens (including phenoxy) is 1. The highest BCUT2D eigenvalue weighted by atomic mass is 32.2. The third kappa shape index (κ3) is 5.32. The van der Waals surface area contributed by atoms with Crippen molar-refractivity contribution in [1.29, 1.82) is 0 Å². The van der Waals surface area contributed by atoms with E-state index >= 15 is 0 Å². The van der Waals surface area contributed by atoms with Crippen LogP contribution in [-0.4, -0.2) is 31.2 Å². The van der Waals surface area contributed by atoms with E-state index in [1.165, 1.54) is 37.5 Å². The minimum absolute atomic E-state index is 0.0644. The second kappa shape index (κ2) is 9.48. The van der Waals surface area contributed by atoms with Crippen LogP contribution in [0.4, 0.5) is 11.4 Å². The lowest BCUT2D eigenvalue weighted by Gasteiger charge is -2.12. The highest BCUT2D eigenvalue weighted by Gasteiger charge is 2.16. The zero-order chi connectivity index (χ0) is 22.4. The van der Waals surface area contributed by atoms with Crippen LogP contribution in [0.3, 0.4) is 0 Å². The van der Waals surface area contributed by atoms with Crippen LogP contribution in [0.5, 0.6) is 5.75 Å². The summed E-state index contributed by atoms with van der Waals surface area (Å²) in [6.45, 7) is 4.69. The molecule has 31 heavy (non-hydrogen) atoms. The van der Waals surface area contributed by atoms with Crippen LogP contribution in [0.15, 0.2) is 65.7 Å². The predicted molar refractivity (Wildman–Crippen MR) is 121 cm³/mol. The van der Waals surface area contributed by atoms with Crippen molar-refractivity contribution >= 4 is 33.4 Å². The van der Waals surface area contributed by atoms with Crippen LogP contribution in [0.2, 0.25) is 0 Å². The molecular weight excluding hydrogens is 416 g/mol. The monoisotopic (exact) mass is 440 g/mol. The Kier molecular flexibility index (Phi) is 6.76. The summed E-state index contributed by atoms with van der Waals surface area (Å²) in [6.07, 6.45) is 4.81. The summed E-state index contributed by atoms with van der Waals surface area (Å²) >= 11 is 0. The summed E-state index contributed by atoms with van der Waals surface area (Å²) in [5.74, 6) is 0.0906. The molecule has 1 aromatic heterocycles. The lowest BCUT2D eigenvalue weighted by Crippen LogP contribution is -2.14. The molecule has 1 heterocycles. The van der Waals surface area contributed by atoms with E-state index in [0.717, 1.165) is 17.8 Å². The molecule has 1 amide bonds. The molecule has 0 spiro atoms. The molecule has 3 rings (SSSR count). The number of anilines is 2. The first-order valence-electron chi connectivity index (χ1n) is 9.61. The fraction of sp³-hybridized carbons (Fsp3) is 0.182. The molecule has 162 valence electrons. The third-order valence-corrected chi connectivity index (χ3v) is 6.02. The molecule has 0 atom stereocenters. The number of nitrogens with one attached hydrogen (secondary N) is 2. The lowest BCUT2D eigenvalue weighted by molar-refractivity contribution is -0.111. The number of carbonyl (C=O) groups is 1. The molecular formula is C22H24N4O4S. The van der Waals surface area contributed by atoms with Gasteiger partial charge in [0.05, 0.1) is 23.9 Å². The average Bonchev–Trinajstić information content (AvgIpc) is 3.12. The van der Waals surface area contributed by atoms with Crippen molar-refractivity contribution in [3.05, 3.63) is 72.1 Å². The van der Waals surface area contributed by atoms with Gasteiger partial charge >= 0.3 is 0 Å². The first-order valence-corrected chi connectivity index (χ1v) is 11.1. The summed E-state index contributed by atoms with van der Waals surface area (Å²) in [6, 6.07) is 12.6. The molecule has 0 unspecified atom stereocenters. The number of hydrogen-bond donors (Lipinski definition) is 2. The smallest absolute Gasteiger partial charge is 0.262 e. The Balaban J connectivity index is 1.67. The van der Waals surface area contributed by atoms with Gasteiger partial charge in [0.15, 0.2) is 0 Å². The van der Waals surface area contributed by atoms with Crippen molar-refractivity contribution in [2.45, 2.75) is 25.3 Å². The SMILES string of the molecule is CCn1ncc(C=CC(=O)Nc2ccc(S(=O)(=O)Nc3ccccc3OC)cc2)c1C. The Labute approximate surface area is 181 Å². The molecule has 2 aromatic carbocycles. The van der Waals surface area contributed by atoms with Gasteiger partial charge < -0.3 is 10.1 Å². The fourth-order valence-electron chi connectivity index (χ4n) is 2.94. The number of rotatable bonds is 8. The van der Waals surface area contributed by atoms with Gasteiger partial charge in [0.25, 0.3) is 10.0 Å². The molecule has 0 aliphatic rings. The Hall–Kier alpha value is -3.59. The van der Waals surface area contributed by atoms with Crippen molar-refractivity contribution in [2.75, 3.05) is 17.1 Å². The van der Waals surface area contributed by atoms with Gasteiger partial charge in [-0.2, -0.15) is 5.10 Å². The number of sulfonamides is 1. The molecule has 0 fully saturated rings. The number of nitrogens with zero attached hydrogens (tertiary/aromatic N) is 2. The Morgan fingerprint density at radius 1 is 1.16 bits per heavy atom. The van der Waals surface area contributed by atoms with Gasteiger partial charge in [-0.3, -0.25) is 14.2 Å². The van der Waals surface area contributed by atoms with Crippen LogP contribution in [0, 0.1) is 6.92 Å². The topological polar surface area (TPSA) is 102 Å². The first kappa shape index (κ1) is 22.1. The zero-order valence-electron chi connectivity index (χ0n) is 17.5. The van der Waals surface area contributed by atoms with Crippen molar-refractivity contribution in [2.24, 2.45) is 0 Å². The summed E-state index contributed by atoms with van der Waals surface area (Å²) in [7, 11) is -2.34. The van der Waals surface area contributed by atoms with E-state index < -0.39 is 10.0 Å². The van der Waals surface area contributed by atoms with E-state index in [0.29, 0.717) is 17.1 Å². The van der Waals surface area contributed by atoms with Gasteiger partial charge in [0, 0.05) is 29.6 Å². The predicted octanol–water partition coefficient (Wildman–Crippen LogP) is 3.67. The van der Waals surface area contributed by atoms with Crippen LogP contribution in [0.1, 0.15) is 18.2 Å². The van der Waals surface area contributed by atoms with Gasteiger partial charge in [-0.05, 0) is 56.3 Å². The molecule has 0 saturated carbocycles. The molecule has 8 nitrogen and oxygen atoms in total. The highest BCUT2D eigenvalue weighted by Crippen LogP contribution is 2.26. The Bertz CT molecular complexity index is 1200. The lowest BCUT2D eigenvalue weighted by atomic mass is 10.2. The third-order valence-electron chi connectivity index (χ3n) is 4.64. The van der Waals surface area contributed by atoms with Crippen molar-refractivity contribution in [3.63, 3.8) is 0 Å². The standard InChI is InChI=1S/C22H24N4O4S/c1-4-26-16(2)17(15-23-26)9-14-22(27)24-18-10-12-19(13-11-18)31(28,29)25-20-7-5-6-8-21(20)30-3/h5-15,25H,4H2,1-3H3,(H,24,27). The summed E-state index contributed by atoms with van der Waals surface area (Å²) in [4.78, 5) is 12.3. The van der Waals surface area contributed by atoms with Gasteiger partial charge in [0.1, 0.15) is 5.75 Å². The maximum absolute atomic E-state index is 12.6. The Morgan fingerprint density at radius 3 is 2.52 bits per heavy atom. The minimum atomic E-state index is -3.81. The van der Waals surface area contributed by atoms with E-state index in [2.05, 4.69) is 15.1 Å².